The van der Waals surface area contributed by atoms with Crippen molar-refractivity contribution in [1.82, 2.24) is 0 Å². The molecule has 0 bridgehead atoms. The first-order chi connectivity index (χ1) is 7.45. The van der Waals surface area contributed by atoms with Gasteiger partial charge < -0.3 is 4.74 Å². The third-order valence-corrected chi connectivity index (χ3v) is 1.58. The second-order valence-electron chi connectivity index (χ2n) is 2.55. The molecular formula is C8H3F3N2O3. The van der Waals surface area contributed by atoms with E-state index in [4.69, 9.17) is 5.26 Å². The number of hydrogen-bond acceptors (Lipinski definition) is 4. The van der Waals surface area contributed by atoms with Crippen LogP contribution in [0.2, 0.25) is 0 Å². The molecule has 0 N–H and O–H groups in total. The lowest BCUT2D eigenvalue weighted by Gasteiger charge is -2.05. The molecule has 0 aromatic heterocycles. The van der Waals surface area contributed by atoms with Gasteiger partial charge in [-0.3, -0.25) is 10.1 Å². The maximum atomic E-state index is 13.0. The van der Waals surface area contributed by atoms with Crippen LogP contribution in [-0.4, -0.2) is 11.5 Å². The third kappa shape index (κ3) is 2.38. The average molecular weight is 232 g/mol. The highest BCUT2D eigenvalue weighted by atomic mass is 19.3. The zero-order valence-electron chi connectivity index (χ0n) is 7.49. The molecule has 0 saturated heterocycles. The minimum absolute atomic E-state index is 0.357. The van der Waals surface area contributed by atoms with Gasteiger partial charge in [-0.05, 0) is 0 Å². The molecule has 5 nitrogen and oxygen atoms in total. The molecule has 8 heteroatoms. The van der Waals surface area contributed by atoms with Crippen LogP contribution < -0.4 is 4.74 Å². The lowest BCUT2D eigenvalue weighted by Crippen LogP contribution is -2.05. The number of halogens is 3. The fraction of sp³-hybridized carbons (Fsp3) is 0.125. The number of alkyl halides is 2. The zero-order chi connectivity index (χ0) is 12.3. The molecule has 1 aromatic carbocycles. The molecule has 84 valence electrons. The van der Waals surface area contributed by atoms with Crippen LogP contribution in [0.3, 0.4) is 0 Å². The fourth-order valence-electron chi connectivity index (χ4n) is 0.970. The third-order valence-electron chi connectivity index (χ3n) is 1.58. The second kappa shape index (κ2) is 4.48. The first-order valence-corrected chi connectivity index (χ1v) is 3.78. The summed E-state index contributed by atoms with van der Waals surface area (Å²) in [5.41, 5.74) is -1.36. The standard InChI is InChI=1S/C8H3F3N2O3/c9-5-2-6(13(14)15)4(3-12)1-7(5)16-8(10)11/h1-2,8H. The van der Waals surface area contributed by atoms with Gasteiger partial charge in [-0.15, -0.1) is 0 Å². The predicted molar refractivity (Wildman–Crippen MR) is 44.4 cm³/mol. The Morgan fingerprint density at radius 1 is 1.50 bits per heavy atom. The number of rotatable bonds is 3. The molecule has 1 rings (SSSR count). The summed E-state index contributed by atoms with van der Waals surface area (Å²) in [5.74, 6) is -2.23. The van der Waals surface area contributed by atoms with Crippen LogP contribution in [0, 0.1) is 27.3 Å². The summed E-state index contributed by atoms with van der Waals surface area (Å²) in [5, 5.41) is 18.9. The van der Waals surface area contributed by atoms with Crippen molar-refractivity contribution >= 4 is 5.69 Å². The van der Waals surface area contributed by atoms with Crippen LogP contribution >= 0.6 is 0 Å². The van der Waals surface area contributed by atoms with Gasteiger partial charge in [0.1, 0.15) is 11.6 Å². The number of nitriles is 1. The quantitative estimate of drug-likeness (QED) is 0.591. The Labute approximate surface area is 86.8 Å². The van der Waals surface area contributed by atoms with Crippen molar-refractivity contribution in [3.8, 4) is 11.8 Å². The topological polar surface area (TPSA) is 76.2 Å². The summed E-state index contributed by atoms with van der Waals surface area (Å²) in [4.78, 5) is 9.37. The van der Waals surface area contributed by atoms with Crippen LogP contribution in [0.1, 0.15) is 5.56 Å². The molecular weight excluding hydrogens is 229 g/mol. The smallest absolute Gasteiger partial charge is 0.387 e. The Morgan fingerprint density at radius 2 is 2.12 bits per heavy atom. The molecule has 0 fully saturated rings. The van der Waals surface area contributed by atoms with Gasteiger partial charge in [0.05, 0.1) is 11.0 Å². The molecule has 0 atom stereocenters. The van der Waals surface area contributed by atoms with Gasteiger partial charge in [0.15, 0.2) is 11.6 Å². The van der Waals surface area contributed by atoms with E-state index in [1.54, 1.807) is 0 Å². The second-order valence-corrected chi connectivity index (χ2v) is 2.55. The first kappa shape index (κ1) is 11.8. The molecule has 0 unspecified atom stereocenters. The van der Waals surface area contributed by atoms with Crippen molar-refractivity contribution in [3.63, 3.8) is 0 Å². The van der Waals surface area contributed by atoms with E-state index in [9.17, 15) is 23.3 Å². The van der Waals surface area contributed by atoms with E-state index in [1.807, 2.05) is 0 Å². The summed E-state index contributed by atoms with van der Waals surface area (Å²) in [6.45, 7) is -3.28. The number of ether oxygens (including phenoxy) is 1. The number of benzene rings is 1. The van der Waals surface area contributed by atoms with E-state index in [2.05, 4.69) is 4.74 Å². The van der Waals surface area contributed by atoms with Crippen molar-refractivity contribution in [2.24, 2.45) is 0 Å². The van der Waals surface area contributed by atoms with Gasteiger partial charge in [0.25, 0.3) is 5.69 Å². The van der Waals surface area contributed by atoms with E-state index < -0.39 is 34.4 Å². The van der Waals surface area contributed by atoms with Gasteiger partial charge in [0, 0.05) is 6.07 Å². The van der Waals surface area contributed by atoms with Crippen molar-refractivity contribution in [2.45, 2.75) is 6.61 Å². The molecule has 0 saturated carbocycles. The van der Waals surface area contributed by atoms with Gasteiger partial charge >= 0.3 is 6.61 Å². The van der Waals surface area contributed by atoms with Crippen LogP contribution in [0.15, 0.2) is 12.1 Å². The minimum Gasteiger partial charge on any atom is -0.432 e. The van der Waals surface area contributed by atoms with Crippen LogP contribution in [0.4, 0.5) is 18.9 Å². The molecule has 0 aliphatic rings. The minimum atomic E-state index is -3.28. The number of nitrogens with zero attached hydrogens (tertiary/aromatic N) is 2. The average Bonchev–Trinajstić information content (AvgIpc) is 2.19. The monoisotopic (exact) mass is 232 g/mol. The predicted octanol–water partition coefficient (Wildman–Crippen LogP) is 2.21. The number of nitro groups is 1. The summed E-state index contributed by atoms with van der Waals surface area (Å²) in [7, 11) is 0. The molecule has 0 radical (unpaired) electrons. The highest BCUT2D eigenvalue weighted by Crippen LogP contribution is 2.28. The summed E-state index contributed by atoms with van der Waals surface area (Å²) < 4.78 is 40.3. The van der Waals surface area contributed by atoms with E-state index in [-0.39, 0.29) is 0 Å². The Morgan fingerprint density at radius 3 is 2.56 bits per heavy atom. The number of nitro benzene ring substituents is 1. The van der Waals surface area contributed by atoms with Crippen molar-refractivity contribution in [2.75, 3.05) is 0 Å². The SMILES string of the molecule is N#Cc1cc(OC(F)F)c(F)cc1[N+](=O)[O-]. The van der Waals surface area contributed by atoms with Gasteiger partial charge in [-0.2, -0.15) is 14.0 Å². The van der Waals surface area contributed by atoms with Gasteiger partial charge in [-0.1, -0.05) is 0 Å². The molecule has 1 aromatic rings. The summed E-state index contributed by atoms with van der Waals surface area (Å²) in [6.07, 6.45) is 0. The lowest BCUT2D eigenvalue weighted by atomic mass is 10.2. The van der Waals surface area contributed by atoms with Crippen molar-refractivity contribution in [1.29, 1.82) is 5.26 Å². The largest absolute Gasteiger partial charge is 0.432 e. The highest BCUT2D eigenvalue weighted by Gasteiger charge is 2.20. The Bertz CT molecular complexity index is 470. The summed E-state index contributed by atoms with van der Waals surface area (Å²) in [6, 6.07) is 2.30. The highest BCUT2D eigenvalue weighted by molar-refractivity contribution is 5.52. The molecule has 0 spiro atoms. The maximum Gasteiger partial charge on any atom is 0.387 e. The van der Waals surface area contributed by atoms with E-state index in [0.29, 0.717) is 12.1 Å². The van der Waals surface area contributed by atoms with Crippen LogP contribution in [-0.2, 0) is 0 Å². The van der Waals surface area contributed by atoms with Crippen molar-refractivity contribution in [3.05, 3.63) is 33.6 Å². The molecule has 0 aliphatic carbocycles. The normalized spacial score (nSPS) is 9.94. The first-order valence-electron chi connectivity index (χ1n) is 3.78. The summed E-state index contributed by atoms with van der Waals surface area (Å²) >= 11 is 0. The maximum absolute atomic E-state index is 13.0. The zero-order valence-corrected chi connectivity index (χ0v) is 7.49. The Kier molecular flexibility index (Phi) is 3.30. The van der Waals surface area contributed by atoms with Crippen LogP contribution in [0.25, 0.3) is 0 Å². The van der Waals surface area contributed by atoms with E-state index >= 15 is 0 Å². The molecule has 0 aliphatic heterocycles. The van der Waals surface area contributed by atoms with Crippen LogP contribution in [0.5, 0.6) is 5.75 Å². The van der Waals surface area contributed by atoms with E-state index in [0.717, 1.165) is 0 Å². The van der Waals surface area contributed by atoms with E-state index in [1.165, 1.54) is 6.07 Å². The van der Waals surface area contributed by atoms with Crippen molar-refractivity contribution < 1.29 is 22.8 Å². The fourth-order valence-corrected chi connectivity index (χ4v) is 0.970. The Hall–Kier alpha value is -2.30. The molecule has 16 heavy (non-hydrogen) atoms. The number of hydrogen-bond donors (Lipinski definition) is 0. The Balaban J connectivity index is 3.27. The molecule has 0 amide bonds. The van der Waals surface area contributed by atoms with Gasteiger partial charge in [-0.25, -0.2) is 4.39 Å². The molecule has 0 heterocycles. The lowest BCUT2D eigenvalue weighted by molar-refractivity contribution is -0.385. The van der Waals surface area contributed by atoms with Gasteiger partial charge in [0.2, 0.25) is 0 Å².